The van der Waals surface area contributed by atoms with E-state index in [4.69, 9.17) is 11.6 Å². The topological polar surface area (TPSA) is 78.5 Å². The van der Waals surface area contributed by atoms with Crippen molar-refractivity contribution >= 4 is 50.9 Å². The molecule has 2 aliphatic heterocycles. The molecule has 4 rings (SSSR count). The quantitative estimate of drug-likeness (QED) is 0.763. The van der Waals surface area contributed by atoms with Gasteiger partial charge < -0.3 is 10.2 Å². The highest BCUT2D eigenvalue weighted by Gasteiger charge is 2.49. The Morgan fingerprint density at radius 3 is 2.79 bits per heavy atom. The van der Waals surface area contributed by atoms with Gasteiger partial charge in [0.1, 0.15) is 10.4 Å². The summed E-state index contributed by atoms with van der Waals surface area (Å²) in [5, 5.41) is 6.23. The van der Waals surface area contributed by atoms with Gasteiger partial charge >= 0.3 is 6.03 Å². The second kappa shape index (κ2) is 5.46. The number of carbonyl (C=O) groups excluding carboxylic acids is 3. The van der Waals surface area contributed by atoms with Crippen LogP contribution in [0.1, 0.15) is 22.5 Å². The molecule has 0 saturated carbocycles. The Morgan fingerprint density at radius 2 is 2.08 bits per heavy atom. The highest BCUT2D eigenvalue weighted by atomic mass is 35.5. The van der Waals surface area contributed by atoms with Gasteiger partial charge in [0.2, 0.25) is 0 Å². The number of benzene rings is 1. The summed E-state index contributed by atoms with van der Waals surface area (Å²) < 4.78 is 0.949. The summed E-state index contributed by atoms with van der Waals surface area (Å²) in [5.41, 5.74) is -1.02. The van der Waals surface area contributed by atoms with Crippen LogP contribution in [0.3, 0.4) is 0 Å². The van der Waals surface area contributed by atoms with Crippen molar-refractivity contribution < 1.29 is 14.4 Å². The van der Waals surface area contributed by atoms with Crippen molar-refractivity contribution in [1.82, 2.24) is 15.5 Å². The van der Waals surface area contributed by atoms with Crippen molar-refractivity contribution in [3.8, 4) is 0 Å². The van der Waals surface area contributed by atoms with E-state index in [9.17, 15) is 14.4 Å². The maximum Gasteiger partial charge on any atom is 0.322 e. The van der Waals surface area contributed by atoms with Crippen LogP contribution in [0, 0.1) is 0 Å². The molecule has 2 N–H and O–H groups in total. The molecule has 4 amide bonds. The minimum Gasteiger partial charge on any atom is -0.335 e. The van der Waals surface area contributed by atoms with Crippen LogP contribution in [0.5, 0.6) is 0 Å². The first kappa shape index (κ1) is 15.4. The molecule has 2 aromatic rings. The molecule has 6 nitrogen and oxygen atoms in total. The molecule has 1 unspecified atom stereocenters. The van der Waals surface area contributed by atoms with Crippen LogP contribution in [0.2, 0.25) is 5.02 Å². The maximum absolute atomic E-state index is 12.9. The number of carbonyl (C=O) groups is 3. The van der Waals surface area contributed by atoms with Crippen molar-refractivity contribution in [2.24, 2.45) is 0 Å². The van der Waals surface area contributed by atoms with Crippen LogP contribution in [0.25, 0.3) is 10.1 Å². The van der Waals surface area contributed by atoms with Gasteiger partial charge in [0.15, 0.2) is 0 Å². The minimum absolute atomic E-state index is 0.161. The average Bonchev–Trinajstić information content (AvgIpc) is 3.04. The van der Waals surface area contributed by atoms with Crippen molar-refractivity contribution in [2.75, 3.05) is 13.1 Å². The third-order valence-corrected chi connectivity index (χ3v) is 6.19. The number of halogens is 1. The predicted molar refractivity (Wildman–Crippen MR) is 91.4 cm³/mol. The monoisotopic (exact) mass is 363 g/mol. The van der Waals surface area contributed by atoms with Crippen LogP contribution >= 0.6 is 22.9 Å². The first-order valence-electron chi connectivity index (χ1n) is 7.60. The number of amides is 4. The molecule has 8 heteroatoms. The smallest absolute Gasteiger partial charge is 0.322 e. The van der Waals surface area contributed by atoms with Gasteiger partial charge in [-0.1, -0.05) is 29.8 Å². The van der Waals surface area contributed by atoms with Crippen molar-refractivity contribution in [3.63, 3.8) is 0 Å². The Balaban J connectivity index is 1.65. The first-order chi connectivity index (χ1) is 11.5. The van der Waals surface area contributed by atoms with E-state index >= 15 is 0 Å². The Kier molecular flexibility index (Phi) is 3.51. The van der Waals surface area contributed by atoms with Crippen LogP contribution in [-0.4, -0.2) is 41.4 Å². The van der Waals surface area contributed by atoms with Gasteiger partial charge in [-0.3, -0.25) is 14.9 Å². The van der Waals surface area contributed by atoms with E-state index < -0.39 is 11.6 Å². The van der Waals surface area contributed by atoms with Crippen molar-refractivity contribution in [2.45, 2.75) is 18.4 Å². The van der Waals surface area contributed by atoms with Crippen LogP contribution in [0.15, 0.2) is 24.3 Å². The molecule has 1 aromatic heterocycles. The fourth-order valence-electron chi connectivity index (χ4n) is 3.34. The van der Waals surface area contributed by atoms with Gasteiger partial charge in [-0.05, 0) is 18.9 Å². The molecule has 2 aliphatic rings. The van der Waals surface area contributed by atoms with E-state index in [1.165, 1.54) is 11.3 Å². The van der Waals surface area contributed by atoms with E-state index in [0.717, 1.165) is 10.1 Å². The SMILES string of the molecule is O=C1NC(=O)C2(CCCN(C(=O)c3sc4ccccc4c3Cl)C2)N1. The van der Waals surface area contributed by atoms with Gasteiger partial charge in [-0.25, -0.2) is 4.79 Å². The molecule has 2 saturated heterocycles. The Morgan fingerprint density at radius 1 is 1.29 bits per heavy atom. The van der Waals surface area contributed by atoms with Crippen LogP contribution in [0.4, 0.5) is 4.79 Å². The summed E-state index contributed by atoms with van der Waals surface area (Å²) in [5.74, 6) is -0.568. The molecule has 0 bridgehead atoms. The molecule has 0 radical (unpaired) electrons. The average molecular weight is 364 g/mol. The van der Waals surface area contributed by atoms with Crippen LogP contribution in [-0.2, 0) is 4.79 Å². The zero-order chi connectivity index (χ0) is 16.9. The summed E-state index contributed by atoms with van der Waals surface area (Å²) in [4.78, 5) is 38.6. The molecule has 1 atom stereocenters. The number of hydrogen-bond donors (Lipinski definition) is 2. The number of rotatable bonds is 1. The standard InChI is InChI=1S/C16H14ClN3O3S/c17-11-9-4-1-2-5-10(9)24-12(11)13(21)20-7-3-6-16(8-20)14(22)18-15(23)19-16/h1-2,4-5H,3,6-8H2,(H2,18,19,22,23). The van der Waals surface area contributed by atoms with Gasteiger partial charge in [-0.2, -0.15) is 0 Å². The van der Waals surface area contributed by atoms with Crippen LogP contribution < -0.4 is 10.6 Å². The number of likely N-dealkylation sites (tertiary alicyclic amines) is 1. The lowest BCUT2D eigenvalue weighted by Crippen LogP contribution is -2.59. The summed E-state index contributed by atoms with van der Waals surface area (Å²) >= 11 is 7.74. The minimum atomic E-state index is -1.02. The Bertz CT molecular complexity index is 881. The third-order valence-electron chi connectivity index (χ3n) is 4.52. The van der Waals surface area contributed by atoms with Gasteiger partial charge in [0.05, 0.1) is 11.6 Å². The number of hydrogen-bond acceptors (Lipinski definition) is 4. The molecule has 1 spiro atoms. The normalized spacial score (nSPS) is 23.6. The number of fused-ring (bicyclic) bond motifs is 1. The predicted octanol–water partition coefficient (Wildman–Crippen LogP) is 2.37. The van der Waals surface area contributed by atoms with Gasteiger partial charge in [-0.15, -0.1) is 11.3 Å². The number of urea groups is 1. The largest absolute Gasteiger partial charge is 0.335 e. The second-order valence-corrected chi connectivity index (χ2v) is 7.49. The summed E-state index contributed by atoms with van der Waals surface area (Å²) in [6, 6.07) is 7.08. The maximum atomic E-state index is 12.9. The zero-order valence-electron chi connectivity index (χ0n) is 12.6. The number of piperidine rings is 1. The summed E-state index contributed by atoms with van der Waals surface area (Å²) in [6.07, 6.45) is 1.16. The zero-order valence-corrected chi connectivity index (χ0v) is 14.2. The Labute approximate surface area is 146 Å². The lowest BCUT2D eigenvalue weighted by Gasteiger charge is -2.37. The molecule has 1 aromatic carbocycles. The first-order valence-corrected chi connectivity index (χ1v) is 8.79. The number of thiophene rings is 1. The highest BCUT2D eigenvalue weighted by molar-refractivity contribution is 7.21. The van der Waals surface area contributed by atoms with E-state index in [1.54, 1.807) is 4.90 Å². The van der Waals surface area contributed by atoms with E-state index in [1.807, 2.05) is 24.3 Å². The summed E-state index contributed by atoms with van der Waals surface area (Å²) in [7, 11) is 0. The third kappa shape index (κ3) is 2.27. The molecular formula is C16H14ClN3O3S. The molecule has 24 heavy (non-hydrogen) atoms. The molecule has 124 valence electrons. The number of nitrogens with one attached hydrogen (secondary N) is 2. The van der Waals surface area contributed by atoms with E-state index in [0.29, 0.717) is 29.3 Å². The number of nitrogens with zero attached hydrogens (tertiary/aromatic N) is 1. The van der Waals surface area contributed by atoms with Gasteiger partial charge in [0.25, 0.3) is 11.8 Å². The second-order valence-electron chi connectivity index (χ2n) is 6.06. The molecular weight excluding hydrogens is 350 g/mol. The number of imide groups is 1. The van der Waals surface area contributed by atoms with Gasteiger partial charge in [0, 0.05) is 16.6 Å². The molecule has 0 aliphatic carbocycles. The fourth-order valence-corrected chi connectivity index (χ4v) is 4.82. The lowest BCUT2D eigenvalue weighted by molar-refractivity contribution is -0.125. The molecule has 3 heterocycles. The van der Waals surface area contributed by atoms with Crippen molar-refractivity contribution in [1.29, 1.82) is 0 Å². The summed E-state index contributed by atoms with van der Waals surface area (Å²) in [6.45, 7) is 0.697. The molecule has 2 fully saturated rings. The van der Waals surface area contributed by atoms with E-state index in [-0.39, 0.29) is 18.4 Å². The Hall–Kier alpha value is -2.12. The van der Waals surface area contributed by atoms with E-state index in [2.05, 4.69) is 10.6 Å². The fraction of sp³-hybridized carbons (Fsp3) is 0.312. The van der Waals surface area contributed by atoms with Crippen molar-refractivity contribution in [3.05, 3.63) is 34.2 Å². The highest BCUT2D eigenvalue weighted by Crippen LogP contribution is 2.37. The lowest BCUT2D eigenvalue weighted by atomic mass is 9.89.